The molecule has 3 rings (SSSR count). The number of methoxy groups -OCH3 is 1. The highest BCUT2D eigenvalue weighted by molar-refractivity contribution is 9.10. The minimum atomic E-state index is -0.0480. The van der Waals surface area contributed by atoms with Crippen LogP contribution < -0.4 is 9.47 Å². The standard InChI is InChI=1S/C22H22BrNO3S2/c1-14(2)12-24-21(25)19(29-22(24)28)11-16-9-17(23)20(18(10-16)26-3)27-13-15-7-5-4-6-8-15/h4-11,14H,12-13H2,1-3H3/b19-11-. The summed E-state index contributed by atoms with van der Waals surface area (Å²) in [5.41, 5.74) is 1.91. The van der Waals surface area contributed by atoms with Crippen LogP contribution in [-0.2, 0) is 11.4 Å². The van der Waals surface area contributed by atoms with Crippen molar-refractivity contribution in [1.82, 2.24) is 4.90 Å². The number of rotatable bonds is 7. The summed E-state index contributed by atoms with van der Waals surface area (Å²) in [7, 11) is 1.60. The van der Waals surface area contributed by atoms with Crippen molar-refractivity contribution in [2.45, 2.75) is 20.5 Å². The number of thioether (sulfide) groups is 1. The monoisotopic (exact) mass is 491 g/mol. The molecule has 1 amide bonds. The van der Waals surface area contributed by atoms with E-state index < -0.39 is 0 Å². The van der Waals surface area contributed by atoms with Crippen molar-refractivity contribution in [3.05, 3.63) is 63.0 Å². The minimum absolute atomic E-state index is 0.0480. The maximum atomic E-state index is 12.7. The number of hydrogen-bond donors (Lipinski definition) is 0. The molecule has 0 bridgehead atoms. The Kier molecular flexibility index (Phi) is 7.38. The highest BCUT2D eigenvalue weighted by Crippen LogP contribution is 2.39. The first-order valence-corrected chi connectivity index (χ1v) is 11.2. The SMILES string of the molecule is COc1cc(/C=C2\SC(=S)N(CC(C)C)C2=O)cc(Br)c1OCc1ccccc1. The Labute approximate surface area is 189 Å². The lowest BCUT2D eigenvalue weighted by atomic mass is 10.1. The van der Waals surface area contributed by atoms with Crippen LogP contribution in [0.4, 0.5) is 0 Å². The maximum absolute atomic E-state index is 12.7. The summed E-state index contributed by atoms with van der Waals surface area (Å²) in [5.74, 6) is 1.53. The fourth-order valence-electron chi connectivity index (χ4n) is 2.87. The Morgan fingerprint density at radius 3 is 2.62 bits per heavy atom. The molecule has 1 heterocycles. The Morgan fingerprint density at radius 1 is 1.24 bits per heavy atom. The highest BCUT2D eigenvalue weighted by atomic mass is 79.9. The van der Waals surface area contributed by atoms with Gasteiger partial charge in [0.2, 0.25) is 0 Å². The van der Waals surface area contributed by atoms with Crippen LogP contribution in [0, 0.1) is 5.92 Å². The Morgan fingerprint density at radius 2 is 1.97 bits per heavy atom. The summed E-state index contributed by atoms with van der Waals surface area (Å²) in [6.45, 7) is 5.20. The van der Waals surface area contributed by atoms with Crippen molar-refractivity contribution in [2.75, 3.05) is 13.7 Å². The number of hydrogen-bond acceptors (Lipinski definition) is 5. The third-order valence-electron chi connectivity index (χ3n) is 4.20. The van der Waals surface area contributed by atoms with Crippen molar-refractivity contribution in [2.24, 2.45) is 5.92 Å². The van der Waals surface area contributed by atoms with E-state index in [-0.39, 0.29) is 5.91 Å². The largest absolute Gasteiger partial charge is 0.493 e. The zero-order valence-electron chi connectivity index (χ0n) is 16.5. The molecule has 1 fully saturated rings. The first-order valence-electron chi connectivity index (χ1n) is 9.18. The second kappa shape index (κ2) is 9.78. The van der Waals surface area contributed by atoms with Crippen molar-refractivity contribution in [3.63, 3.8) is 0 Å². The maximum Gasteiger partial charge on any atom is 0.266 e. The molecule has 2 aromatic rings. The normalized spacial score (nSPS) is 15.5. The molecule has 2 aromatic carbocycles. The van der Waals surface area contributed by atoms with Crippen LogP contribution in [0.5, 0.6) is 11.5 Å². The predicted molar refractivity (Wildman–Crippen MR) is 126 cm³/mol. The number of ether oxygens (including phenoxy) is 2. The smallest absolute Gasteiger partial charge is 0.266 e. The summed E-state index contributed by atoms with van der Waals surface area (Å²) in [5, 5.41) is 0. The molecule has 0 radical (unpaired) electrons. The fraction of sp³-hybridized carbons (Fsp3) is 0.273. The van der Waals surface area contributed by atoms with Gasteiger partial charge < -0.3 is 9.47 Å². The summed E-state index contributed by atoms with van der Waals surface area (Å²) < 4.78 is 12.9. The third-order valence-corrected chi connectivity index (χ3v) is 6.16. The molecule has 0 saturated carbocycles. The highest BCUT2D eigenvalue weighted by Gasteiger charge is 2.32. The van der Waals surface area contributed by atoms with E-state index in [2.05, 4.69) is 29.8 Å². The lowest BCUT2D eigenvalue weighted by Crippen LogP contribution is -2.31. The van der Waals surface area contributed by atoms with Crippen LogP contribution >= 0.6 is 39.9 Å². The van der Waals surface area contributed by atoms with E-state index in [4.69, 9.17) is 21.7 Å². The predicted octanol–water partition coefficient (Wildman–Crippen LogP) is 5.89. The second-order valence-corrected chi connectivity index (χ2v) is 9.52. The van der Waals surface area contributed by atoms with E-state index in [9.17, 15) is 4.79 Å². The Balaban J connectivity index is 1.82. The molecular formula is C22H22BrNO3S2. The molecular weight excluding hydrogens is 470 g/mol. The van der Waals surface area contributed by atoms with Gasteiger partial charge in [-0.05, 0) is 51.2 Å². The number of carbonyl (C=O) groups excluding carboxylic acids is 1. The molecule has 4 nitrogen and oxygen atoms in total. The average Bonchev–Trinajstić information content (AvgIpc) is 2.94. The summed E-state index contributed by atoms with van der Waals surface area (Å²) >= 11 is 10.3. The van der Waals surface area contributed by atoms with Crippen LogP contribution in [0.3, 0.4) is 0 Å². The van der Waals surface area contributed by atoms with Crippen LogP contribution in [0.1, 0.15) is 25.0 Å². The van der Waals surface area contributed by atoms with Crippen LogP contribution in [-0.4, -0.2) is 28.8 Å². The fourth-order valence-corrected chi connectivity index (χ4v) is 4.72. The van der Waals surface area contributed by atoms with Gasteiger partial charge in [-0.15, -0.1) is 0 Å². The van der Waals surface area contributed by atoms with E-state index in [1.165, 1.54) is 11.8 Å². The zero-order valence-corrected chi connectivity index (χ0v) is 19.7. The van der Waals surface area contributed by atoms with E-state index in [0.29, 0.717) is 39.8 Å². The Hall–Kier alpha value is -1.83. The van der Waals surface area contributed by atoms with Gasteiger partial charge in [0, 0.05) is 6.54 Å². The lowest BCUT2D eigenvalue weighted by Gasteiger charge is -2.16. The van der Waals surface area contributed by atoms with Crippen LogP contribution in [0.15, 0.2) is 51.8 Å². The van der Waals surface area contributed by atoms with E-state index in [1.807, 2.05) is 48.5 Å². The number of amides is 1. The van der Waals surface area contributed by atoms with E-state index >= 15 is 0 Å². The van der Waals surface area contributed by atoms with Crippen molar-refractivity contribution in [1.29, 1.82) is 0 Å². The molecule has 0 unspecified atom stereocenters. The van der Waals surface area contributed by atoms with Gasteiger partial charge in [-0.25, -0.2) is 0 Å². The number of halogens is 1. The summed E-state index contributed by atoms with van der Waals surface area (Å²) in [6.07, 6.45) is 1.84. The number of nitrogens with zero attached hydrogens (tertiary/aromatic N) is 1. The van der Waals surface area contributed by atoms with Gasteiger partial charge in [-0.2, -0.15) is 0 Å². The molecule has 0 aromatic heterocycles. The van der Waals surface area contributed by atoms with Crippen molar-refractivity contribution >= 4 is 56.2 Å². The van der Waals surface area contributed by atoms with E-state index in [0.717, 1.165) is 15.6 Å². The molecule has 0 spiro atoms. The Bertz CT molecular complexity index is 945. The molecule has 1 saturated heterocycles. The lowest BCUT2D eigenvalue weighted by molar-refractivity contribution is -0.122. The first-order chi connectivity index (χ1) is 13.9. The molecule has 0 aliphatic carbocycles. The molecule has 152 valence electrons. The molecule has 1 aliphatic heterocycles. The van der Waals surface area contributed by atoms with Gasteiger partial charge in [-0.3, -0.25) is 9.69 Å². The number of thiocarbonyl (C=S) groups is 1. The van der Waals surface area contributed by atoms with Gasteiger partial charge in [0.1, 0.15) is 10.9 Å². The molecule has 7 heteroatoms. The average molecular weight is 492 g/mol. The van der Waals surface area contributed by atoms with Gasteiger partial charge >= 0.3 is 0 Å². The van der Waals surface area contributed by atoms with Gasteiger partial charge in [0.25, 0.3) is 5.91 Å². The van der Waals surface area contributed by atoms with Gasteiger partial charge in [-0.1, -0.05) is 68.2 Å². The van der Waals surface area contributed by atoms with Crippen molar-refractivity contribution in [3.8, 4) is 11.5 Å². The van der Waals surface area contributed by atoms with Crippen LogP contribution in [0.2, 0.25) is 0 Å². The zero-order chi connectivity index (χ0) is 21.0. The van der Waals surface area contributed by atoms with Crippen LogP contribution in [0.25, 0.3) is 6.08 Å². The first kappa shape index (κ1) is 21.9. The molecule has 0 N–H and O–H groups in total. The second-order valence-electron chi connectivity index (χ2n) is 6.99. The van der Waals surface area contributed by atoms with Gasteiger partial charge in [0.05, 0.1) is 16.5 Å². The van der Waals surface area contributed by atoms with E-state index in [1.54, 1.807) is 12.0 Å². The summed E-state index contributed by atoms with van der Waals surface area (Å²) in [6, 6.07) is 13.7. The third kappa shape index (κ3) is 5.41. The number of carbonyl (C=O) groups is 1. The minimum Gasteiger partial charge on any atom is -0.493 e. The topological polar surface area (TPSA) is 38.8 Å². The quantitative estimate of drug-likeness (QED) is 0.356. The molecule has 1 aliphatic rings. The summed E-state index contributed by atoms with van der Waals surface area (Å²) in [4.78, 5) is 15.0. The van der Waals surface area contributed by atoms with Crippen molar-refractivity contribution < 1.29 is 14.3 Å². The van der Waals surface area contributed by atoms with Gasteiger partial charge in [0.15, 0.2) is 11.5 Å². The molecule has 0 atom stereocenters. The molecule has 29 heavy (non-hydrogen) atoms. The number of benzene rings is 2.